The predicted molar refractivity (Wildman–Crippen MR) is 43.0 cm³/mol. The van der Waals surface area contributed by atoms with Crippen molar-refractivity contribution in [2.45, 2.75) is 20.8 Å². The summed E-state index contributed by atoms with van der Waals surface area (Å²) in [6, 6.07) is 0. The normalized spacial score (nSPS) is 11.0. The lowest BCUT2D eigenvalue weighted by Gasteiger charge is -2.16. The Balaban J connectivity index is 3.43. The van der Waals surface area contributed by atoms with Crippen LogP contribution in [0.25, 0.3) is 0 Å². The largest absolute Gasteiger partial charge is 0.299 e. The maximum atomic E-state index is 10.6. The van der Waals surface area contributed by atoms with Crippen LogP contribution in [0.15, 0.2) is 0 Å². The Bertz CT molecular complexity index is 110. The van der Waals surface area contributed by atoms with E-state index in [1.54, 1.807) is 6.92 Å². The van der Waals surface area contributed by atoms with Crippen LogP contribution in [-0.2, 0) is 4.79 Å². The minimum Gasteiger partial charge on any atom is -0.299 e. The summed E-state index contributed by atoms with van der Waals surface area (Å²) in [4.78, 5) is 12.6. The van der Waals surface area contributed by atoms with Gasteiger partial charge < -0.3 is 0 Å². The van der Waals surface area contributed by atoms with Gasteiger partial charge in [-0.1, -0.05) is 13.8 Å². The first-order valence-electron chi connectivity index (χ1n) is 3.70. The van der Waals surface area contributed by atoms with Gasteiger partial charge in [-0.2, -0.15) is 0 Å². The molecule has 0 unspecified atom stereocenters. The number of Topliss-reactive ketones (excluding diaryl/α,β-unsaturated/α-hetero) is 1. The monoisotopic (exact) mass is 143 g/mol. The molecule has 0 aliphatic rings. The van der Waals surface area contributed by atoms with Crippen LogP contribution in [0.1, 0.15) is 20.8 Å². The summed E-state index contributed by atoms with van der Waals surface area (Å²) in [5, 5.41) is 0. The second kappa shape index (κ2) is 4.45. The third-order valence-electron chi connectivity index (χ3n) is 1.17. The van der Waals surface area contributed by atoms with E-state index < -0.39 is 0 Å². The van der Waals surface area contributed by atoms with Crippen LogP contribution in [-0.4, -0.2) is 30.8 Å². The van der Waals surface area contributed by atoms with Crippen LogP contribution < -0.4 is 0 Å². The van der Waals surface area contributed by atoms with E-state index in [2.05, 4.69) is 13.8 Å². The number of ketones is 1. The van der Waals surface area contributed by atoms with Gasteiger partial charge in [0, 0.05) is 6.54 Å². The van der Waals surface area contributed by atoms with E-state index in [1.165, 1.54) is 0 Å². The summed E-state index contributed by atoms with van der Waals surface area (Å²) in [6.07, 6.45) is 0. The van der Waals surface area contributed by atoms with Crippen molar-refractivity contribution in [1.29, 1.82) is 0 Å². The lowest BCUT2D eigenvalue weighted by atomic mass is 10.2. The van der Waals surface area contributed by atoms with Gasteiger partial charge in [0.25, 0.3) is 0 Å². The van der Waals surface area contributed by atoms with Gasteiger partial charge in [-0.25, -0.2) is 0 Å². The van der Waals surface area contributed by atoms with Crippen molar-refractivity contribution < 1.29 is 4.79 Å². The van der Waals surface area contributed by atoms with E-state index >= 15 is 0 Å². The van der Waals surface area contributed by atoms with E-state index in [-0.39, 0.29) is 5.78 Å². The molecule has 0 spiro atoms. The molecule has 0 amide bonds. The first-order chi connectivity index (χ1) is 4.52. The molecule has 0 bridgehead atoms. The molecule has 0 atom stereocenters. The van der Waals surface area contributed by atoms with Gasteiger partial charge in [0.2, 0.25) is 0 Å². The highest BCUT2D eigenvalue weighted by Crippen LogP contribution is 1.94. The molecule has 0 N–H and O–H groups in total. The molecule has 0 aromatic heterocycles. The molecule has 0 fully saturated rings. The van der Waals surface area contributed by atoms with Gasteiger partial charge in [-0.3, -0.25) is 9.69 Å². The lowest BCUT2D eigenvalue weighted by molar-refractivity contribution is -0.117. The summed E-state index contributed by atoms with van der Waals surface area (Å²) in [5.41, 5.74) is 0. The summed E-state index contributed by atoms with van der Waals surface area (Å²) in [6.45, 7) is 7.50. The third-order valence-corrected chi connectivity index (χ3v) is 1.17. The topological polar surface area (TPSA) is 20.3 Å². The van der Waals surface area contributed by atoms with Crippen molar-refractivity contribution in [3.63, 3.8) is 0 Å². The van der Waals surface area contributed by atoms with Gasteiger partial charge in [0.1, 0.15) is 5.78 Å². The van der Waals surface area contributed by atoms with Gasteiger partial charge >= 0.3 is 0 Å². The molecular formula is C8H17NO. The molecule has 0 saturated heterocycles. The first kappa shape index (κ1) is 9.63. The minimum absolute atomic E-state index is 0.239. The molecule has 0 aromatic carbocycles. The van der Waals surface area contributed by atoms with Crippen molar-refractivity contribution in [2.75, 3.05) is 20.1 Å². The fraction of sp³-hybridized carbons (Fsp3) is 0.875. The zero-order valence-corrected chi connectivity index (χ0v) is 7.35. The van der Waals surface area contributed by atoms with Gasteiger partial charge in [-0.05, 0) is 19.9 Å². The Hall–Kier alpha value is -0.370. The summed E-state index contributed by atoms with van der Waals surface area (Å²) < 4.78 is 0. The first-order valence-corrected chi connectivity index (χ1v) is 3.70. The molecule has 0 heterocycles. The Labute approximate surface area is 63.2 Å². The van der Waals surface area contributed by atoms with Gasteiger partial charge in [-0.15, -0.1) is 0 Å². The van der Waals surface area contributed by atoms with E-state index in [4.69, 9.17) is 0 Å². The zero-order chi connectivity index (χ0) is 8.15. The van der Waals surface area contributed by atoms with Crippen LogP contribution in [0, 0.1) is 5.92 Å². The second-order valence-corrected chi connectivity index (χ2v) is 3.29. The number of rotatable bonds is 4. The molecule has 0 aromatic rings. The van der Waals surface area contributed by atoms with Crippen LogP contribution in [0.5, 0.6) is 0 Å². The molecule has 0 radical (unpaired) electrons. The maximum absolute atomic E-state index is 10.6. The number of likely N-dealkylation sites (N-methyl/N-ethyl adjacent to an activating group) is 1. The molecule has 0 aliphatic heterocycles. The molecule has 60 valence electrons. The summed E-state index contributed by atoms with van der Waals surface area (Å²) in [5.74, 6) is 0.882. The Morgan fingerprint density at radius 2 is 2.00 bits per heavy atom. The number of hydrogen-bond acceptors (Lipinski definition) is 2. The predicted octanol–water partition coefficient (Wildman–Crippen LogP) is 1.16. The molecule has 2 heteroatoms. The fourth-order valence-corrected chi connectivity index (χ4v) is 1.07. The molecular weight excluding hydrogens is 126 g/mol. The maximum Gasteiger partial charge on any atom is 0.143 e. The summed E-state index contributed by atoms with van der Waals surface area (Å²) in [7, 11) is 1.97. The van der Waals surface area contributed by atoms with Crippen molar-refractivity contribution >= 4 is 5.78 Å². The number of hydrogen-bond donors (Lipinski definition) is 0. The lowest BCUT2D eigenvalue weighted by Crippen LogP contribution is -2.27. The standard InChI is InChI=1S/C8H17NO/c1-7(2)5-9(4)6-8(3)10/h7H,5-6H2,1-4H3. The molecule has 10 heavy (non-hydrogen) atoms. The van der Waals surface area contributed by atoms with Gasteiger partial charge in [0.05, 0.1) is 6.54 Å². The molecule has 0 saturated carbocycles. The van der Waals surface area contributed by atoms with E-state index in [1.807, 2.05) is 11.9 Å². The van der Waals surface area contributed by atoms with Gasteiger partial charge in [0.15, 0.2) is 0 Å². The van der Waals surface area contributed by atoms with E-state index in [0.29, 0.717) is 12.5 Å². The molecule has 0 aliphatic carbocycles. The van der Waals surface area contributed by atoms with Crippen LogP contribution in [0.2, 0.25) is 0 Å². The van der Waals surface area contributed by atoms with Crippen molar-refractivity contribution in [1.82, 2.24) is 4.90 Å². The number of nitrogens with zero attached hydrogens (tertiary/aromatic N) is 1. The average Bonchev–Trinajstić information content (AvgIpc) is 1.58. The number of carbonyl (C=O) groups excluding carboxylic acids is 1. The zero-order valence-electron chi connectivity index (χ0n) is 7.35. The van der Waals surface area contributed by atoms with Crippen molar-refractivity contribution in [3.8, 4) is 0 Å². The van der Waals surface area contributed by atoms with E-state index in [9.17, 15) is 4.79 Å². The minimum atomic E-state index is 0.239. The van der Waals surface area contributed by atoms with Crippen molar-refractivity contribution in [2.24, 2.45) is 5.92 Å². The third kappa shape index (κ3) is 5.76. The smallest absolute Gasteiger partial charge is 0.143 e. The van der Waals surface area contributed by atoms with Crippen LogP contribution in [0.4, 0.5) is 0 Å². The molecule has 2 nitrogen and oxygen atoms in total. The average molecular weight is 143 g/mol. The van der Waals surface area contributed by atoms with Crippen LogP contribution in [0.3, 0.4) is 0 Å². The van der Waals surface area contributed by atoms with Crippen molar-refractivity contribution in [3.05, 3.63) is 0 Å². The Morgan fingerprint density at radius 1 is 1.50 bits per heavy atom. The SMILES string of the molecule is CC(=O)CN(C)CC(C)C. The van der Waals surface area contributed by atoms with Crippen LogP contribution >= 0.6 is 0 Å². The second-order valence-electron chi connectivity index (χ2n) is 3.29. The fourth-order valence-electron chi connectivity index (χ4n) is 1.07. The highest BCUT2D eigenvalue weighted by Gasteiger charge is 2.02. The highest BCUT2D eigenvalue weighted by molar-refractivity contribution is 5.77. The Morgan fingerprint density at radius 3 is 2.30 bits per heavy atom. The molecule has 0 rings (SSSR count). The Kier molecular flexibility index (Phi) is 4.28. The quantitative estimate of drug-likeness (QED) is 0.588. The highest BCUT2D eigenvalue weighted by atomic mass is 16.1. The number of carbonyl (C=O) groups is 1. The van der Waals surface area contributed by atoms with E-state index in [0.717, 1.165) is 6.54 Å². The summed E-state index contributed by atoms with van der Waals surface area (Å²) >= 11 is 0.